The van der Waals surface area contributed by atoms with E-state index < -0.39 is 0 Å². The minimum Gasteiger partial charge on any atom is -0.372 e. The van der Waals surface area contributed by atoms with Crippen molar-refractivity contribution in [3.63, 3.8) is 0 Å². The molecule has 126 valence electrons. The molecule has 0 spiro atoms. The number of rotatable bonds is 5. The summed E-state index contributed by atoms with van der Waals surface area (Å²) in [6, 6.07) is 4.24. The predicted octanol–water partition coefficient (Wildman–Crippen LogP) is 2.37. The maximum absolute atomic E-state index is 9.39. The largest absolute Gasteiger partial charge is 0.372 e. The Morgan fingerprint density at radius 1 is 1.42 bits per heavy atom. The number of anilines is 1. The van der Waals surface area contributed by atoms with Crippen molar-refractivity contribution < 1.29 is 4.74 Å². The highest BCUT2D eigenvalue weighted by Gasteiger charge is 2.32. The van der Waals surface area contributed by atoms with E-state index >= 15 is 0 Å². The summed E-state index contributed by atoms with van der Waals surface area (Å²) in [6.45, 7) is 8.07. The summed E-state index contributed by atoms with van der Waals surface area (Å²) in [5, 5.41) is 25.3. The molecule has 24 heavy (non-hydrogen) atoms. The molecule has 3 rings (SSSR count). The van der Waals surface area contributed by atoms with Crippen molar-refractivity contribution in [3.8, 4) is 6.07 Å². The number of hydrogen-bond donors (Lipinski definition) is 1. The van der Waals surface area contributed by atoms with E-state index in [-0.39, 0.29) is 6.10 Å². The second-order valence-corrected chi connectivity index (χ2v) is 6.04. The zero-order valence-electron chi connectivity index (χ0n) is 14.3. The van der Waals surface area contributed by atoms with E-state index in [1.54, 1.807) is 0 Å². The summed E-state index contributed by atoms with van der Waals surface area (Å²) in [5.41, 5.74) is 3.33. The van der Waals surface area contributed by atoms with E-state index in [1.807, 2.05) is 30.8 Å². The van der Waals surface area contributed by atoms with Crippen molar-refractivity contribution in [1.82, 2.24) is 20.0 Å². The van der Waals surface area contributed by atoms with Crippen LogP contribution in [0.5, 0.6) is 0 Å². The standard InChI is InChI=1S/C17H22N6O/c1-4-23-15(5-7-20-23)16-13(6-8-24-16)10-19-17-14(9-18)11(2)12(3)21-22-17/h5,7,13,16H,4,6,8,10H2,1-3H3,(H,19,22)/t13-,16+/m0/s1. The molecule has 1 aliphatic rings. The van der Waals surface area contributed by atoms with Crippen molar-refractivity contribution >= 4 is 5.82 Å². The summed E-state index contributed by atoms with van der Waals surface area (Å²) in [5.74, 6) is 0.859. The van der Waals surface area contributed by atoms with Gasteiger partial charge in [-0.25, -0.2) is 0 Å². The smallest absolute Gasteiger partial charge is 0.166 e. The molecule has 0 unspecified atom stereocenters. The van der Waals surface area contributed by atoms with E-state index in [0.29, 0.717) is 23.8 Å². The van der Waals surface area contributed by atoms with Crippen LogP contribution >= 0.6 is 0 Å². The Balaban J connectivity index is 1.75. The molecule has 0 saturated carbocycles. The van der Waals surface area contributed by atoms with Crippen LogP contribution in [0.25, 0.3) is 0 Å². The van der Waals surface area contributed by atoms with Gasteiger partial charge in [-0.3, -0.25) is 4.68 Å². The minimum atomic E-state index is 0.0185. The molecule has 2 aromatic rings. The molecule has 0 aromatic carbocycles. The Morgan fingerprint density at radius 2 is 2.25 bits per heavy atom. The Bertz CT molecular complexity index is 763. The van der Waals surface area contributed by atoms with E-state index in [9.17, 15) is 5.26 Å². The van der Waals surface area contributed by atoms with Crippen molar-refractivity contribution in [3.05, 3.63) is 34.8 Å². The number of ether oxygens (including phenoxy) is 1. The molecular weight excluding hydrogens is 304 g/mol. The quantitative estimate of drug-likeness (QED) is 0.907. The molecule has 0 radical (unpaired) electrons. The van der Waals surface area contributed by atoms with Gasteiger partial charge in [-0.1, -0.05) is 0 Å². The number of nitriles is 1. The van der Waals surface area contributed by atoms with E-state index in [2.05, 4.69) is 33.6 Å². The molecule has 1 saturated heterocycles. The number of aryl methyl sites for hydroxylation is 2. The van der Waals surface area contributed by atoms with Crippen LogP contribution in [0.3, 0.4) is 0 Å². The number of hydrogen-bond acceptors (Lipinski definition) is 6. The van der Waals surface area contributed by atoms with Gasteiger partial charge in [-0.05, 0) is 38.8 Å². The third kappa shape index (κ3) is 2.97. The van der Waals surface area contributed by atoms with Gasteiger partial charge in [0.1, 0.15) is 17.7 Å². The number of aromatic nitrogens is 4. The molecule has 0 bridgehead atoms. The third-order valence-electron chi connectivity index (χ3n) is 4.65. The lowest BCUT2D eigenvalue weighted by atomic mass is 9.98. The molecule has 7 nitrogen and oxygen atoms in total. The summed E-state index contributed by atoms with van der Waals surface area (Å²) in [6.07, 6.45) is 2.80. The van der Waals surface area contributed by atoms with Crippen LogP contribution < -0.4 is 5.32 Å². The molecule has 0 aliphatic carbocycles. The summed E-state index contributed by atoms with van der Waals surface area (Å²) >= 11 is 0. The molecule has 1 fully saturated rings. The van der Waals surface area contributed by atoms with Gasteiger partial charge >= 0.3 is 0 Å². The molecular formula is C17H22N6O. The predicted molar refractivity (Wildman–Crippen MR) is 89.4 cm³/mol. The average molecular weight is 326 g/mol. The van der Waals surface area contributed by atoms with Gasteiger partial charge in [0.2, 0.25) is 0 Å². The molecule has 2 atom stereocenters. The van der Waals surface area contributed by atoms with Crippen LogP contribution in [0.4, 0.5) is 5.82 Å². The number of nitrogens with zero attached hydrogens (tertiary/aromatic N) is 5. The summed E-state index contributed by atoms with van der Waals surface area (Å²) < 4.78 is 7.91. The zero-order chi connectivity index (χ0) is 17.1. The topological polar surface area (TPSA) is 88.7 Å². The highest BCUT2D eigenvalue weighted by molar-refractivity contribution is 5.55. The lowest BCUT2D eigenvalue weighted by Gasteiger charge is -2.20. The monoisotopic (exact) mass is 326 g/mol. The van der Waals surface area contributed by atoms with Crippen molar-refractivity contribution in [2.24, 2.45) is 5.92 Å². The van der Waals surface area contributed by atoms with E-state index in [1.165, 1.54) is 0 Å². The van der Waals surface area contributed by atoms with Crippen LogP contribution in [0.2, 0.25) is 0 Å². The molecule has 3 heterocycles. The van der Waals surface area contributed by atoms with Crippen LogP contribution in [0, 0.1) is 31.1 Å². The lowest BCUT2D eigenvalue weighted by Crippen LogP contribution is -2.21. The molecule has 1 aliphatic heterocycles. The first-order valence-electron chi connectivity index (χ1n) is 8.26. The summed E-state index contributed by atoms with van der Waals surface area (Å²) in [7, 11) is 0. The fourth-order valence-corrected chi connectivity index (χ4v) is 3.12. The van der Waals surface area contributed by atoms with Crippen LogP contribution in [-0.4, -0.2) is 33.1 Å². The van der Waals surface area contributed by atoms with Crippen LogP contribution in [0.1, 0.15) is 42.0 Å². The fourth-order valence-electron chi connectivity index (χ4n) is 3.12. The Labute approximate surface area is 141 Å². The number of nitrogens with one attached hydrogen (secondary N) is 1. The van der Waals surface area contributed by atoms with E-state index in [0.717, 1.165) is 36.5 Å². The van der Waals surface area contributed by atoms with Crippen molar-refractivity contribution in [1.29, 1.82) is 5.26 Å². The Hall–Kier alpha value is -2.46. The highest BCUT2D eigenvalue weighted by atomic mass is 16.5. The first kappa shape index (κ1) is 16.4. The van der Waals surface area contributed by atoms with Gasteiger partial charge < -0.3 is 10.1 Å². The van der Waals surface area contributed by atoms with Gasteiger partial charge in [0.15, 0.2) is 5.82 Å². The highest BCUT2D eigenvalue weighted by Crippen LogP contribution is 2.34. The maximum Gasteiger partial charge on any atom is 0.166 e. The fraction of sp³-hybridized carbons (Fsp3) is 0.529. The van der Waals surface area contributed by atoms with Crippen molar-refractivity contribution in [2.45, 2.75) is 39.8 Å². The van der Waals surface area contributed by atoms with E-state index in [4.69, 9.17) is 4.74 Å². The first-order chi connectivity index (χ1) is 11.7. The SMILES string of the molecule is CCn1nccc1[C@@H]1OCC[C@H]1CNc1nnc(C)c(C)c1C#N. The van der Waals surface area contributed by atoms with Crippen molar-refractivity contribution in [2.75, 3.05) is 18.5 Å². The second-order valence-electron chi connectivity index (χ2n) is 6.04. The average Bonchev–Trinajstić information content (AvgIpc) is 3.23. The second kappa shape index (κ2) is 6.97. The van der Waals surface area contributed by atoms with Gasteiger partial charge in [0.25, 0.3) is 0 Å². The summed E-state index contributed by atoms with van der Waals surface area (Å²) in [4.78, 5) is 0. The molecule has 0 amide bonds. The minimum absolute atomic E-state index is 0.0185. The van der Waals surface area contributed by atoms with Gasteiger partial charge in [-0.15, -0.1) is 5.10 Å². The third-order valence-corrected chi connectivity index (χ3v) is 4.65. The molecule has 1 N–H and O–H groups in total. The van der Waals surface area contributed by atoms with Gasteiger partial charge in [0.05, 0.1) is 11.4 Å². The zero-order valence-corrected chi connectivity index (χ0v) is 14.3. The Morgan fingerprint density at radius 3 is 3.00 bits per heavy atom. The normalized spacial score (nSPS) is 20.1. The van der Waals surface area contributed by atoms with Gasteiger partial charge in [0, 0.05) is 31.8 Å². The first-order valence-corrected chi connectivity index (χ1v) is 8.26. The molecule has 7 heteroatoms. The van der Waals surface area contributed by atoms with Gasteiger partial charge in [-0.2, -0.15) is 15.5 Å². The van der Waals surface area contributed by atoms with Crippen LogP contribution in [-0.2, 0) is 11.3 Å². The van der Waals surface area contributed by atoms with Crippen LogP contribution in [0.15, 0.2) is 12.3 Å². The molecule has 2 aromatic heterocycles. The maximum atomic E-state index is 9.39. The Kier molecular flexibility index (Phi) is 4.76. The lowest BCUT2D eigenvalue weighted by molar-refractivity contribution is 0.0858.